The summed E-state index contributed by atoms with van der Waals surface area (Å²) in [5.41, 5.74) is 0. The van der Waals surface area contributed by atoms with Gasteiger partial charge in [0.1, 0.15) is 0 Å². The number of sulfonamides is 1. The molecule has 7 heteroatoms. The predicted octanol–water partition coefficient (Wildman–Crippen LogP) is -0.0983. The monoisotopic (exact) mass is 251 g/mol. The van der Waals surface area contributed by atoms with Crippen LogP contribution in [-0.2, 0) is 19.6 Å². The molecule has 1 heterocycles. The Morgan fingerprint density at radius 1 is 1.56 bits per heavy atom. The van der Waals surface area contributed by atoms with Gasteiger partial charge in [-0.25, -0.2) is 17.5 Å². The van der Waals surface area contributed by atoms with Gasteiger partial charge < -0.3 is 9.84 Å². The lowest BCUT2D eigenvalue weighted by Crippen LogP contribution is -2.33. The maximum atomic E-state index is 11.4. The first-order chi connectivity index (χ1) is 7.47. The fraction of sp³-hybridized carbons (Fsp3) is 0.889. The summed E-state index contributed by atoms with van der Waals surface area (Å²) in [6.07, 6.45) is -0.0993. The highest BCUT2D eigenvalue weighted by Crippen LogP contribution is 2.14. The largest absolute Gasteiger partial charge is 0.479 e. The number of carboxylic acids is 1. The molecular formula is C9H17NO5S. The van der Waals surface area contributed by atoms with Gasteiger partial charge in [0, 0.05) is 19.7 Å². The van der Waals surface area contributed by atoms with Crippen molar-refractivity contribution in [2.45, 2.75) is 25.9 Å². The molecule has 1 rings (SSSR count). The molecule has 1 N–H and O–H groups in total. The third kappa shape index (κ3) is 3.43. The molecule has 0 radical (unpaired) electrons. The molecule has 0 aromatic rings. The second-order valence-corrected chi connectivity index (χ2v) is 5.73. The van der Waals surface area contributed by atoms with Gasteiger partial charge >= 0.3 is 5.97 Å². The van der Waals surface area contributed by atoms with E-state index in [9.17, 15) is 13.2 Å². The van der Waals surface area contributed by atoms with E-state index in [-0.39, 0.29) is 18.7 Å². The molecule has 1 aliphatic rings. The summed E-state index contributed by atoms with van der Waals surface area (Å²) in [5, 5.41) is 8.82. The smallest absolute Gasteiger partial charge is 0.332 e. The number of nitrogens with zero attached hydrogens (tertiary/aromatic N) is 1. The number of hydrogen-bond acceptors (Lipinski definition) is 4. The highest BCUT2D eigenvalue weighted by atomic mass is 32.2. The Morgan fingerprint density at radius 3 is 2.69 bits per heavy atom. The first-order valence-corrected chi connectivity index (χ1v) is 6.90. The zero-order chi connectivity index (χ0) is 12.2. The molecule has 94 valence electrons. The number of ether oxygens (including phenoxy) is 1. The van der Waals surface area contributed by atoms with E-state index in [1.807, 2.05) is 0 Å². The van der Waals surface area contributed by atoms with Gasteiger partial charge in [-0.15, -0.1) is 0 Å². The summed E-state index contributed by atoms with van der Waals surface area (Å²) >= 11 is 0. The second-order valence-electron chi connectivity index (χ2n) is 3.64. The van der Waals surface area contributed by atoms with Crippen LogP contribution in [0.5, 0.6) is 0 Å². The van der Waals surface area contributed by atoms with Gasteiger partial charge in [0.15, 0.2) is 6.10 Å². The highest BCUT2D eigenvalue weighted by molar-refractivity contribution is 7.89. The number of rotatable bonds is 6. The van der Waals surface area contributed by atoms with Crippen molar-refractivity contribution in [1.29, 1.82) is 0 Å². The Bertz CT molecular complexity index is 340. The quantitative estimate of drug-likeness (QED) is 0.712. The highest BCUT2D eigenvalue weighted by Gasteiger charge is 2.29. The fourth-order valence-electron chi connectivity index (χ4n) is 1.68. The topological polar surface area (TPSA) is 83.9 Å². The molecule has 0 spiro atoms. The molecule has 0 amide bonds. The van der Waals surface area contributed by atoms with Gasteiger partial charge in [0.25, 0.3) is 0 Å². The predicted molar refractivity (Wildman–Crippen MR) is 57.6 cm³/mol. The van der Waals surface area contributed by atoms with Crippen molar-refractivity contribution in [3.8, 4) is 0 Å². The molecule has 0 saturated carbocycles. The van der Waals surface area contributed by atoms with Crippen LogP contribution in [0.15, 0.2) is 0 Å². The summed E-state index contributed by atoms with van der Waals surface area (Å²) in [5.74, 6) is -0.877. The van der Waals surface area contributed by atoms with E-state index >= 15 is 0 Å². The molecule has 16 heavy (non-hydrogen) atoms. The van der Waals surface area contributed by atoms with Crippen LogP contribution < -0.4 is 0 Å². The molecule has 1 unspecified atom stereocenters. The van der Waals surface area contributed by atoms with E-state index < -0.39 is 22.1 Å². The molecule has 1 aliphatic heterocycles. The Morgan fingerprint density at radius 2 is 2.25 bits per heavy atom. The molecule has 1 atom stereocenters. The van der Waals surface area contributed by atoms with E-state index in [1.54, 1.807) is 6.92 Å². The average Bonchev–Trinajstić information content (AvgIpc) is 2.52. The number of carboxylic acid groups (broad SMARTS) is 1. The zero-order valence-corrected chi connectivity index (χ0v) is 10.1. The minimum Gasteiger partial charge on any atom is -0.479 e. The Labute approximate surface area is 95.2 Å². The lowest BCUT2D eigenvalue weighted by atomic mass is 10.2. The summed E-state index contributed by atoms with van der Waals surface area (Å²) in [6, 6.07) is 0. The maximum Gasteiger partial charge on any atom is 0.332 e. The van der Waals surface area contributed by atoms with E-state index in [4.69, 9.17) is 9.84 Å². The van der Waals surface area contributed by atoms with Crippen LogP contribution >= 0.6 is 0 Å². The summed E-state index contributed by atoms with van der Waals surface area (Å²) in [6.45, 7) is 2.73. The van der Waals surface area contributed by atoms with Gasteiger partial charge in [-0.2, -0.15) is 0 Å². The van der Waals surface area contributed by atoms with Crippen molar-refractivity contribution in [2.24, 2.45) is 0 Å². The van der Waals surface area contributed by atoms with Crippen LogP contribution in [0.4, 0.5) is 0 Å². The minimum absolute atomic E-state index is 0.166. The second kappa shape index (κ2) is 5.60. The summed E-state index contributed by atoms with van der Waals surface area (Å²) in [7, 11) is -3.14. The van der Waals surface area contributed by atoms with Crippen molar-refractivity contribution < 1.29 is 23.1 Å². The van der Waals surface area contributed by atoms with E-state index in [0.717, 1.165) is 0 Å². The first kappa shape index (κ1) is 13.4. The van der Waals surface area contributed by atoms with Crippen molar-refractivity contribution in [2.75, 3.05) is 25.4 Å². The van der Waals surface area contributed by atoms with Gasteiger partial charge in [0.2, 0.25) is 10.0 Å². The van der Waals surface area contributed by atoms with Crippen LogP contribution in [-0.4, -0.2) is 55.4 Å². The third-order valence-corrected chi connectivity index (χ3v) is 4.44. The van der Waals surface area contributed by atoms with Crippen LogP contribution in [0.3, 0.4) is 0 Å². The Kier molecular flexibility index (Phi) is 4.69. The Balaban J connectivity index is 2.46. The standard InChI is InChI=1S/C9H17NO5S/c1-2-15-8(9(11)12)4-6-10-5-3-7-16(10,13)14/h8H,2-7H2,1H3,(H,11,12). The molecule has 0 aromatic carbocycles. The van der Waals surface area contributed by atoms with E-state index in [1.165, 1.54) is 4.31 Å². The van der Waals surface area contributed by atoms with Crippen LogP contribution in [0.1, 0.15) is 19.8 Å². The van der Waals surface area contributed by atoms with E-state index in [0.29, 0.717) is 19.6 Å². The summed E-state index contributed by atoms with van der Waals surface area (Å²) < 4.78 is 29.2. The molecule has 1 fully saturated rings. The number of aliphatic carboxylic acids is 1. The van der Waals surface area contributed by atoms with Crippen molar-refractivity contribution in [3.63, 3.8) is 0 Å². The number of hydrogen-bond donors (Lipinski definition) is 1. The average molecular weight is 251 g/mol. The molecule has 0 bridgehead atoms. The summed E-state index contributed by atoms with van der Waals surface area (Å²) in [4.78, 5) is 10.8. The molecule has 0 aliphatic carbocycles. The molecule has 6 nitrogen and oxygen atoms in total. The lowest BCUT2D eigenvalue weighted by Gasteiger charge is -2.17. The minimum atomic E-state index is -3.14. The maximum absolute atomic E-state index is 11.4. The SMILES string of the molecule is CCOC(CCN1CCCS1(=O)=O)C(=O)O. The zero-order valence-electron chi connectivity index (χ0n) is 9.26. The van der Waals surface area contributed by atoms with Gasteiger partial charge in [-0.3, -0.25) is 0 Å². The third-order valence-electron chi connectivity index (χ3n) is 2.49. The van der Waals surface area contributed by atoms with Crippen molar-refractivity contribution in [1.82, 2.24) is 4.31 Å². The molecule has 1 saturated heterocycles. The van der Waals surface area contributed by atoms with Crippen molar-refractivity contribution in [3.05, 3.63) is 0 Å². The fourth-order valence-corrected chi connectivity index (χ4v) is 3.23. The van der Waals surface area contributed by atoms with Crippen LogP contribution in [0.2, 0.25) is 0 Å². The number of carbonyl (C=O) groups is 1. The molecular weight excluding hydrogens is 234 g/mol. The van der Waals surface area contributed by atoms with Gasteiger partial charge in [-0.05, 0) is 19.8 Å². The lowest BCUT2D eigenvalue weighted by molar-refractivity contribution is -0.150. The Hall–Kier alpha value is -0.660. The normalized spacial score (nSPS) is 22.1. The van der Waals surface area contributed by atoms with Crippen molar-refractivity contribution >= 4 is 16.0 Å². The van der Waals surface area contributed by atoms with Gasteiger partial charge in [-0.1, -0.05) is 0 Å². The first-order valence-electron chi connectivity index (χ1n) is 5.29. The van der Waals surface area contributed by atoms with Crippen LogP contribution in [0.25, 0.3) is 0 Å². The van der Waals surface area contributed by atoms with E-state index in [2.05, 4.69) is 0 Å². The van der Waals surface area contributed by atoms with Gasteiger partial charge in [0.05, 0.1) is 5.75 Å². The molecule has 0 aromatic heterocycles. The van der Waals surface area contributed by atoms with Crippen LogP contribution in [0, 0.1) is 0 Å².